The Balaban J connectivity index is 2.07. The minimum absolute atomic E-state index is 0.0830. The lowest BCUT2D eigenvalue weighted by Gasteiger charge is -2.30. The Hall–Kier alpha value is -2.02. The van der Waals surface area contributed by atoms with Crippen molar-refractivity contribution in [3.05, 3.63) is 36.3 Å². The molecule has 1 aromatic heterocycles. The molecular weight excluding hydrogens is 288 g/mol. The van der Waals surface area contributed by atoms with Crippen molar-refractivity contribution in [2.45, 2.75) is 31.3 Å². The van der Waals surface area contributed by atoms with Gasteiger partial charge in [0.1, 0.15) is 0 Å². The van der Waals surface area contributed by atoms with Crippen molar-refractivity contribution < 1.29 is 8.42 Å². The number of aryl methyl sites for hydroxylation is 2. The van der Waals surface area contributed by atoms with Crippen LogP contribution in [0.25, 0.3) is 0 Å². The molecule has 1 aliphatic rings. The van der Waals surface area contributed by atoms with E-state index in [1.54, 1.807) is 22.9 Å². The van der Waals surface area contributed by atoms with Gasteiger partial charge in [0.15, 0.2) is 5.03 Å². The van der Waals surface area contributed by atoms with Crippen LogP contribution in [0.15, 0.2) is 35.7 Å². The molecule has 6 nitrogen and oxygen atoms in total. The smallest absolute Gasteiger partial charge is 0.283 e. The number of nitrogen functional groups attached to an aromatic ring is 1. The SMILES string of the molecule is CCn1cnc(S(=O)(=O)N2CCCc3ccc(N)cc32)c1. The van der Waals surface area contributed by atoms with Crippen molar-refractivity contribution in [2.75, 3.05) is 16.6 Å². The van der Waals surface area contributed by atoms with E-state index in [2.05, 4.69) is 4.98 Å². The van der Waals surface area contributed by atoms with Crippen molar-refractivity contribution in [3.8, 4) is 0 Å². The third-order valence-corrected chi connectivity index (χ3v) is 5.41. The fraction of sp³-hybridized carbons (Fsp3) is 0.357. The number of hydrogen-bond acceptors (Lipinski definition) is 4. The molecule has 1 aliphatic heterocycles. The highest BCUT2D eigenvalue weighted by molar-refractivity contribution is 7.92. The van der Waals surface area contributed by atoms with Gasteiger partial charge >= 0.3 is 0 Å². The summed E-state index contributed by atoms with van der Waals surface area (Å²) in [5, 5.41) is 0.0830. The van der Waals surface area contributed by atoms with E-state index >= 15 is 0 Å². The molecule has 2 heterocycles. The summed E-state index contributed by atoms with van der Waals surface area (Å²) in [6.45, 7) is 3.08. The average Bonchev–Trinajstić information content (AvgIpc) is 2.96. The van der Waals surface area contributed by atoms with E-state index < -0.39 is 10.0 Å². The molecule has 2 N–H and O–H groups in total. The Bertz CT molecular complexity index is 767. The number of nitrogens with zero attached hydrogens (tertiary/aromatic N) is 3. The minimum atomic E-state index is -3.64. The summed E-state index contributed by atoms with van der Waals surface area (Å²) in [4.78, 5) is 4.03. The first-order valence-electron chi connectivity index (χ1n) is 6.95. The zero-order valence-electron chi connectivity index (χ0n) is 11.9. The van der Waals surface area contributed by atoms with Gasteiger partial charge in [0, 0.05) is 25.0 Å². The van der Waals surface area contributed by atoms with Crippen LogP contribution in [0.5, 0.6) is 0 Å². The maximum Gasteiger partial charge on any atom is 0.283 e. The number of fused-ring (bicyclic) bond motifs is 1. The van der Waals surface area contributed by atoms with Gasteiger partial charge in [-0.05, 0) is 37.5 Å². The molecule has 0 saturated heterocycles. The Labute approximate surface area is 124 Å². The highest BCUT2D eigenvalue weighted by Gasteiger charge is 2.30. The quantitative estimate of drug-likeness (QED) is 0.874. The second-order valence-corrected chi connectivity index (χ2v) is 6.92. The number of hydrogen-bond donors (Lipinski definition) is 1. The molecule has 21 heavy (non-hydrogen) atoms. The van der Waals surface area contributed by atoms with Gasteiger partial charge in [0.05, 0.1) is 12.0 Å². The van der Waals surface area contributed by atoms with E-state index in [0.717, 1.165) is 18.4 Å². The first-order valence-corrected chi connectivity index (χ1v) is 8.39. The zero-order valence-corrected chi connectivity index (χ0v) is 12.7. The highest BCUT2D eigenvalue weighted by atomic mass is 32.2. The van der Waals surface area contributed by atoms with Gasteiger partial charge < -0.3 is 10.3 Å². The summed E-state index contributed by atoms with van der Waals surface area (Å²) < 4.78 is 28.8. The summed E-state index contributed by atoms with van der Waals surface area (Å²) >= 11 is 0. The molecule has 112 valence electrons. The number of sulfonamides is 1. The summed E-state index contributed by atoms with van der Waals surface area (Å²) in [6, 6.07) is 5.43. The maximum absolute atomic E-state index is 12.8. The van der Waals surface area contributed by atoms with Crippen molar-refractivity contribution in [1.82, 2.24) is 9.55 Å². The highest BCUT2D eigenvalue weighted by Crippen LogP contribution is 2.33. The van der Waals surface area contributed by atoms with Crippen LogP contribution in [0.2, 0.25) is 0 Å². The number of rotatable bonds is 3. The monoisotopic (exact) mass is 306 g/mol. The molecule has 2 aromatic rings. The number of nitrogens with two attached hydrogens (primary N) is 1. The van der Waals surface area contributed by atoms with Crippen molar-refractivity contribution in [3.63, 3.8) is 0 Å². The summed E-state index contributed by atoms with van der Waals surface area (Å²) in [7, 11) is -3.64. The van der Waals surface area contributed by atoms with Crippen LogP contribution < -0.4 is 10.0 Å². The van der Waals surface area contributed by atoms with Crippen LogP contribution in [0.3, 0.4) is 0 Å². The number of imidazole rings is 1. The predicted molar refractivity (Wildman–Crippen MR) is 81.6 cm³/mol. The fourth-order valence-corrected chi connectivity index (χ4v) is 4.04. The Kier molecular flexibility index (Phi) is 3.36. The van der Waals surface area contributed by atoms with Gasteiger partial charge in [0.2, 0.25) is 0 Å². The van der Waals surface area contributed by atoms with Gasteiger partial charge in [-0.3, -0.25) is 4.31 Å². The van der Waals surface area contributed by atoms with E-state index in [-0.39, 0.29) is 5.03 Å². The van der Waals surface area contributed by atoms with E-state index in [0.29, 0.717) is 24.5 Å². The van der Waals surface area contributed by atoms with Crippen LogP contribution in [0.4, 0.5) is 11.4 Å². The molecule has 1 aromatic carbocycles. The molecule has 3 rings (SSSR count). The van der Waals surface area contributed by atoms with Crippen LogP contribution in [0, 0.1) is 0 Å². The largest absolute Gasteiger partial charge is 0.399 e. The molecule has 0 atom stereocenters. The van der Waals surface area contributed by atoms with Gasteiger partial charge in [0.25, 0.3) is 10.0 Å². The van der Waals surface area contributed by atoms with Gasteiger partial charge in [-0.25, -0.2) is 4.98 Å². The number of aromatic nitrogens is 2. The average molecular weight is 306 g/mol. The standard InChI is InChI=1S/C14H18N4O2S/c1-2-17-9-14(16-10-17)21(19,20)18-7-3-4-11-5-6-12(15)8-13(11)18/h5-6,8-10H,2-4,7,15H2,1H3. The van der Waals surface area contributed by atoms with Crippen LogP contribution in [-0.4, -0.2) is 24.5 Å². The second-order valence-electron chi connectivity index (χ2n) is 5.11. The molecule has 0 spiro atoms. The Morgan fingerprint density at radius 3 is 2.90 bits per heavy atom. The van der Waals surface area contributed by atoms with E-state index in [9.17, 15) is 8.42 Å². The number of anilines is 2. The van der Waals surface area contributed by atoms with Crippen molar-refractivity contribution >= 4 is 21.4 Å². The third kappa shape index (κ3) is 2.37. The lowest BCUT2D eigenvalue weighted by molar-refractivity contribution is 0.583. The molecular formula is C14H18N4O2S. The Morgan fingerprint density at radius 2 is 2.19 bits per heavy atom. The molecule has 0 radical (unpaired) electrons. The first-order chi connectivity index (χ1) is 10.0. The van der Waals surface area contributed by atoms with Crippen LogP contribution >= 0.6 is 0 Å². The molecule has 0 fully saturated rings. The summed E-state index contributed by atoms with van der Waals surface area (Å²) in [5.41, 5.74) is 8.06. The summed E-state index contributed by atoms with van der Waals surface area (Å²) in [5.74, 6) is 0. The second kappa shape index (κ2) is 5.07. The van der Waals surface area contributed by atoms with Gasteiger partial charge in [-0.1, -0.05) is 6.07 Å². The Morgan fingerprint density at radius 1 is 1.38 bits per heavy atom. The van der Waals surface area contributed by atoms with Crippen molar-refractivity contribution in [1.29, 1.82) is 0 Å². The minimum Gasteiger partial charge on any atom is -0.399 e. The molecule has 0 bridgehead atoms. The predicted octanol–water partition coefficient (Wildman–Crippen LogP) is 1.63. The maximum atomic E-state index is 12.8. The normalized spacial score (nSPS) is 15.0. The summed E-state index contributed by atoms with van der Waals surface area (Å²) in [6.07, 6.45) is 4.77. The van der Waals surface area contributed by atoms with Crippen molar-refractivity contribution in [2.24, 2.45) is 0 Å². The van der Waals surface area contributed by atoms with Gasteiger partial charge in [-0.15, -0.1) is 0 Å². The number of benzene rings is 1. The molecule has 0 unspecified atom stereocenters. The first kappa shape index (κ1) is 13.9. The third-order valence-electron chi connectivity index (χ3n) is 3.71. The molecule has 0 amide bonds. The molecule has 7 heteroatoms. The van der Waals surface area contributed by atoms with E-state index in [4.69, 9.17) is 5.73 Å². The topological polar surface area (TPSA) is 81.2 Å². The molecule has 0 saturated carbocycles. The van der Waals surface area contributed by atoms with Gasteiger partial charge in [-0.2, -0.15) is 8.42 Å². The van der Waals surface area contributed by atoms with E-state index in [1.165, 1.54) is 10.6 Å². The lowest BCUT2D eigenvalue weighted by Crippen LogP contribution is -2.35. The van der Waals surface area contributed by atoms with Crippen LogP contribution in [0.1, 0.15) is 18.9 Å². The molecule has 0 aliphatic carbocycles. The van der Waals surface area contributed by atoms with E-state index in [1.807, 2.05) is 13.0 Å². The zero-order chi connectivity index (χ0) is 15.0. The lowest BCUT2D eigenvalue weighted by atomic mass is 10.0. The van der Waals surface area contributed by atoms with Crippen LogP contribution in [-0.2, 0) is 23.0 Å². The fourth-order valence-electron chi connectivity index (χ4n) is 2.57.